The summed E-state index contributed by atoms with van der Waals surface area (Å²) in [5.41, 5.74) is 3.52. The van der Waals surface area contributed by atoms with Crippen LogP contribution in [0, 0.1) is 6.92 Å². The van der Waals surface area contributed by atoms with Gasteiger partial charge in [0.1, 0.15) is 0 Å². The van der Waals surface area contributed by atoms with Crippen LogP contribution in [0.25, 0.3) is 0 Å². The lowest BCUT2D eigenvalue weighted by Gasteiger charge is -2.22. The molecule has 0 spiro atoms. The maximum atomic E-state index is 6.31. The number of hydrogen-bond acceptors (Lipinski definition) is 1. The Labute approximate surface area is 144 Å². The van der Waals surface area contributed by atoms with Crippen LogP contribution in [0.5, 0.6) is 0 Å². The van der Waals surface area contributed by atoms with Crippen LogP contribution in [0.3, 0.4) is 0 Å². The van der Waals surface area contributed by atoms with Crippen LogP contribution in [0.2, 0.25) is 10.0 Å². The quantitative estimate of drug-likeness (QED) is 0.668. The van der Waals surface area contributed by atoms with Gasteiger partial charge in [-0.2, -0.15) is 0 Å². The van der Waals surface area contributed by atoms with Crippen LogP contribution in [0.1, 0.15) is 29.7 Å². The average molecular weight is 387 g/mol. The van der Waals surface area contributed by atoms with Crippen molar-refractivity contribution >= 4 is 39.1 Å². The van der Waals surface area contributed by atoms with Crippen LogP contribution < -0.4 is 5.32 Å². The zero-order valence-electron chi connectivity index (χ0n) is 12.1. The molecular formula is C17H18BrCl2N. The van der Waals surface area contributed by atoms with Gasteiger partial charge in [-0.25, -0.2) is 0 Å². The van der Waals surface area contributed by atoms with Crippen LogP contribution in [-0.4, -0.2) is 6.54 Å². The molecule has 1 nitrogen and oxygen atoms in total. The Morgan fingerprint density at radius 2 is 1.81 bits per heavy atom. The first-order chi connectivity index (χ1) is 10.0. The third-order valence-corrected chi connectivity index (χ3v) is 4.73. The van der Waals surface area contributed by atoms with Gasteiger partial charge in [0.2, 0.25) is 0 Å². The molecule has 0 bridgehead atoms. The number of hydrogen-bond donors (Lipinski definition) is 1. The second-order valence-electron chi connectivity index (χ2n) is 5.02. The summed E-state index contributed by atoms with van der Waals surface area (Å²) in [5, 5.41) is 4.97. The maximum Gasteiger partial charge on any atom is 0.0453 e. The Balaban J connectivity index is 2.35. The largest absolute Gasteiger partial charge is 0.310 e. The van der Waals surface area contributed by atoms with E-state index in [-0.39, 0.29) is 6.04 Å². The molecule has 112 valence electrons. The standard InChI is InChI=1S/C17H18BrCl2N/c1-3-21-17(13-8-7-12(18)9-11(13)2)10-14-15(19)5-4-6-16(14)20/h4-9,17,21H,3,10H2,1-2H3. The fraction of sp³-hybridized carbons (Fsp3) is 0.294. The fourth-order valence-corrected chi connectivity index (χ4v) is 3.53. The smallest absolute Gasteiger partial charge is 0.0453 e. The lowest BCUT2D eigenvalue weighted by molar-refractivity contribution is 0.547. The van der Waals surface area contributed by atoms with Gasteiger partial charge in [0.25, 0.3) is 0 Å². The number of benzene rings is 2. The number of halogens is 3. The highest BCUT2D eigenvalue weighted by Gasteiger charge is 2.17. The summed E-state index contributed by atoms with van der Waals surface area (Å²) in [6.07, 6.45) is 0.773. The Morgan fingerprint density at radius 3 is 2.38 bits per heavy atom. The summed E-state index contributed by atoms with van der Waals surface area (Å²) in [4.78, 5) is 0. The van der Waals surface area contributed by atoms with Crippen molar-refractivity contribution in [2.75, 3.05) is 6.54 Å². The van der Waals surface area contributed by atoms with Gasteiger partial charge in [-0.1, -0.05) is 58.2 Å². The molecule has 4 heteroatoms. The summed E-state index contributed by atoms with van der Waals surface area (Å²) in [6, 6.07) is 12.2. The predicted octanol–water partition coefficient (Wildman–Crippen LogP) is 5.96. The fourth-order valence-electron chi connectivity index (χ4n) is 2.50. The van der Waals surface area contributed by atoms with Gasteiger partial charge in [-0.3, -0.25) is 0 Å². The van der Waals surface area contributed by atoms with Crippen molar-refractivity contribution in [2.24, 2.45) is 0 Å². The molecule has 1 N–H and O–H groups in total. The average Bonchev–Trinajstić information content (AvgIpc) is 2.42. The monoisotopic (exact) mass is 385 g/mol. The molecule has 1 atom stereocenters. The minimum absolute atomic E-state index is 0.195. The molecule has 0 fully saturated rings. The molecule has 0 aliphatic rings. The van der Waals surface area contributed by atoms with Crippen molar-refractivity contribution in [3.05, 3.63) is 67.6 Å². The van der Waals surface area contributed by atoms with Gasteiger partial charge >= 0.3 is 0 Å². The molecule has 0 aromatic heterocycles. The first kappa shape index (κ1) is 16.8. The summed E-state index contributed by atoms with van der Waals surface area (Å²) >= 11 is 16.1. The van der Waals surface area contributed by atoms with E-state index >= 15 is 0 Å². The molecule has 0 radical (unpaired) electrons. The van der Waals surface area contributed by atoms with Crippen LogP contribution in [-0.2, 0) is 6.42 Å². The molecule has 2 aromatic carbocycles. The highest BCUT2D eigenvalue weighted by atomic mass is 79.9. The lowest BCUT2D eigenvalue weighted by Crippen LogP contribution is -2.24. The first-order valence-corrected chi connectivity index (χ1v) is 8.50. The van der Waals surface area contributed by atoms with Crippen LogP contribution in [0.4, 0.5) is 0 Å². The Bertz CT molecular complexity index is 608. The van der Waals surface area contributed by atoms with Crippen LogP contribution in [0.15, 0.2) is 40.9 Å². The van der Waals surface area contributed by atoms with E-state index in [2.05, 4.69) is 53.3 Å². The van der Waals surface area contributed by atoms with Crippen molar-refractivity contribution in [1.29, 1.82) is 0 Å². The maximum absolute atomic E-state index is 6.31. The van der Waals surface area contributed by atoms with E-state index in [9.17, 15) is 0 Å². The Kier molecular flexibility index (Phi) is 6.12. The number of nitrogens with one attached hydrogen (secondary N) is 1. The molecule has 0 amide bonds. The molecule has 1 unspecified atom stereocenters. The predicted molar refractivity (Wildman–Crippen MR) is 95.5 cm³/mol. The van der Waals surface area contributed by atoms with Crippen molar-refractivity contribution in [3.63, 3.8) is 0 Å². The van der Waals surface area contributed by atoms with E-state index in [1.165, 1.54) is 11.1 Å². The van der Waals surface area contributed by atoms with Gasteiger partial charge in [-0.05, 0) is 60.8 Å². The zero-order chi connectivity index (χ0) is 15.4. The zero-order valence-corrected chi connectivity index (χ0v) is 15.2. The minimum atomic E-state index is 0.195. The SMILES string of the molecule is CCNC(Cc1c(Cl)cccc1Cl)c1ccc(Br)cc1C. The molecule has 0 saturated heterocycles. The molecule has 0 heterocycles. The molecule has 21 heavy (non-hydrogen) atoms. The van der Waals surface area contributed by atoms with E-state index in [0.29, 0.717) is 0 Å². The van der Waals surface area contributed by atoms with Crippen molar-refractivity contribution in [3.8, 4) is 0 Å². The minimum Gasteiger partial charge on any atom is -0.310 e. The Morgan fingerprint density at radius 1 is 1.14 bits per heavy atom. The molecule has 2 rings (SSSR count). The molecule has 2 aromatic rings. The van der Waals surface area contributed by atoms with E-state index in [1.54, 1.807) is 0 Å². The second kappa shape index (κ2) is 7.64. The van der Waals surface area contributed by atoms with Gasteiger partial charge in [0, 0.05) is 20.6 Å². The normalized spacial score (nSPS) is 12.4. The highest BCUT2D eigenvalue weighted by Crippen LogP contribution is 2.31. The van der Waals surface area contributed by atoms with E-state index in [0.717, 1.165) is 33.0 Å². The number of likely N-dealkylation sites (N-methyl/N-ethyl adjacent to an activating group) is 1. The van der Waals surface area contributed by atoms with Crippen molar-refractivity contribution < 1.29 is 0 Å². The van der Waals surface area contributed by atoms with Gasteiger partial charge in [-0.15, -0.1) is 0 Å². The molecule has 0 saturated carbocycles. The topological polar surface area (TPSA) is 12.0 Å². The van der Waals surface area contributed by atoms with Crippen molar-refractivity contribution in [2.45, 2.75) is 26.3 Å². The first-order valence-electron chi connectivity index (χ1n) is 6.95. The Hall–Kier alpha value is -0.540. The summed E-state index contributed by atoms with van der Waals surface area (Å²) in [7, 11) is 0. The van der Waals surface area contributed by atoms with Gasteiger partial charge < -0.3 is 5.32 Å². The van der Waals surface area contributed by atoms with E-state index in [4.69, 9.17) is 23.2 Å². The van der Waals surface area contributed by atoms with E-state index in [1.807, 2.05) is 18.2 Å². The summed E-state index contributed by atoms with van der Waals surface area (Å²) < 4.78 is 1.09. The molecule has 0 aliphatic carbocycles. The van der Waals surface area contributed by atoms with E-state index < -0.39 is 0 Å². The number of aryl methyl sites for hydroxylation is 1. The number of rotatable bonds is 5. The highest BCUT2D eigenvalue weighted by molar-refractivity contribution is 9.10. The van der Waals surface area contributed by atoms with Crippen molar-refractivity contribution in [1.82, 2.24) is 5.32 Å². The third kappa shape index (κ3) is 4.23. The lowest BCUT2D eigenvalue weighted by atomic mass is 9.95. The van der Waals surface area contributed by atoms with Crippen LogP contribution >= 0.6 is 39.1 Å². The summed E-state index contributed by atoms with van der Waals surface area (Å²) in [6.45, 7) is 5.12. The summed E-state index contributed by atoms with van der Waals surface area (Å²) in [5.74, 6) is 0. The third-order valence-electron chi connectivity index (χ3n) is 3.53. The van der Waals surface area contributed by atoms with Gasteiger partial charge in [0.05, 0.1) is 0 Å². The molecule has 0 aliphatic heterocycles. The molecular weight excluding hydrogens is 369 g/mol. The van der Waals surface area contributed by atoms with Gasteiger partial charge in [0.15, 0.2) is 0 Å². The second-order valence-corrected chi connectivity index (χ2v) is 6.75.